The molecule has 0 saturated heterocycles. The Morgan fingerprint density at radius 3 is 2.63 bits per heavy atom. The number of phenolic OH excluding ortho intramolecular Hbond substituents is 1. The second kappa shape index (κ2) is 7.49. The molecule has 27 heavy (non-hydrogen) atoms. The fourth-order valence-corrected chi connectivity index (χ4v) is 4.06. The number of phenols is 1. The maximum Gasteiger partial charge on any atom is 0.171 e. The highest BCUT2D eigenvalue weighted by Gasteiger charge is 2.37. The van der Waals surface area contributed by atoms with Crippen molar-refractivity contribution in [3.05, 3.63) is 77.0 Å². The number of aryl methyl sites for hydroxylation is 1. The molecule has 0 bridgehead atoms. The Kier molecular flexibility index (Phi) is 4.90. The smallest absolute Gasteiger partial charge is 0.171 e. The van der Waals surface area contributed by atoms with Crippen molar-refractivity contribution in [2.75, 3.05) is 6.54 Å². The van der Waals surface area contributed by atoms with E-state index in [1.54, 1.807) is 12.1 Å². The lowest BCUT2D eigenvalue weighted by Gasteiger charge is -2.32. The molecule has 2 unspecified atom stereocenters. The molecule has 2 atom stereocenters. The van der Waals surface area contributed by atoms with E-state index < -0.39 is 0 Å². The number of aliphatic imine (C=N–C) groups is 1. The van der Waals surface area contributed by atoms with Crippen LogP contribution in [0.1, 0.15) is 30.9 Å². The highest BCUT2D eigenvalue weighted by Crippen LogP contribution is 2.34. The number of rotatable bonds is 4. The first-order chi connectivity index (χ1) is 13.1. The van der Waals surface area contributed by atoms with Gasteiger partial charge < -0.3 is 10.4 Å². The number of hydrogen-bond donors (Lipinski definition) is 2. The minimum atomic E-state index is -0.334. The molecule has 0 aromatic heterocycles. The lowest BCUT2D eigenvalue weighted by molar-refractivity contribution is -0.118. The number of carbonyl (C=O) groups is 1. The predicted octanol–water partition coefficient (Wildman–Crippen LogP) is 3.65. The van der Waals surface area contributed by atoms with E-state index in [0.29, 0.717) is 17.7 Å². The molecule has 2 aliphatic rings. The number of ketones is 1. The molecule has 4 heteroatoms. The van der Waals surface area contributed by atoms with Gasteiger partial charge in [-0.1, -0.05) is 42.5 Å². The molecule has 0 saturated carbocycles. The number of para-hydroxylation sites is 1. The molecule has 0 radical (unpaired) electrons. The van der Waals surface area contributed by atoms with Crippen LogP contribution in [0.15, 0.2) is 70.9 Å². The molecular formula is C23H24N2O2. The van der Waals surface area contributed by atoms with Crippen molar-refractivity contribution in [1.29, 1.82) is 0 Å². The van der Waals surface area contributed by atoms with Crippen molar-refractivity contribution >= 4 is 11.5 Å². The van der Waals surface area contributed by atoms with Crippen molar-refractivity contribution < 1.29 is 9.90 Å². The molecule has 2 aromatic carbocycles. The number of nitrogens with one attached hydrogen (secondary N) is 1. The van der Waals surface area contributed by atoms with Gasteiger partial charge in [-0.15, -0.1) is 0 Å². The molecule has 2 N–H and O–H groups in total. The van der Waals surface area contributed by atoms with Gasteiger partial charge in [0, 0.05) is 30.1 Å². The molecule has 0 fully saturated rings. The van der Waals surface area contributed by atoms with Crippen LogP contribution in [-0.4, -0.2) is 29.2 Å². The number of nitrogens with zero attached hydrogens (tertiary/aromatic N) is 1. The van der Waals surface area contributed by atoms with Crippen LogP contribution in [0.5, 0.6) is 5.75 Å². The molecule has 138 valence electrons. The fourth-order valence-electron chi connectivity index (χ4n) is 4.06. The summed E-state index contributed by atoms with van der Waals surface area (Å²) in [5.74, 6) is -0.00622. The zero-order valence-corrected chi connectivity index (χ0v) is 15.5. The largest absolute Gasteiger partial charge is 0.507 e. The summed E-state index contributed by atoms with van der Waals surface area (Å²) < 4.78 is 0. The van der Waals surface area contributed by atoms with Crippen LogP contribution in [-0.2, 0) is 11.2 Å². The third-order valence-corrected chi connectivity index (χ3v) is 5.47. The Bertz CT molecular complexity index is 915. The van der Waals surface area contributed by atoms with E-state index in [4.69, 9.17) is 4.99 Å². The van der Waals surface area contributed by atoms with Crippen LogP contribution in [0.4, 0.5) is 0 Å². The molecule has 0 spiro atoms. The van der Waals surface area contributed by atoms with Gasteiger partial charge in [-0.3, -0.25) is 9.79 Å². The van der Waals surface area contributed by atoms with Gasteiger partial charge in [0.2, 0.25) is 0 Å². The Labute approximate surface area is 159 Å². The molecular weight excluding hydrogens is 336 g/mol. The number of carbonyl (C=O) groups excluding carboxylic acids is 1. The normalized spacial score (nSPS) is 22.4. The second-order valence-corrected chi connectivity index (χ2v) is 7.24. The van der Waals surface area contributed by atoms with Crippen LogP contribution in [0, 0.1) is 5.92 Å². The lowest BCUT2D eigenvalue weighted by atomic mass is 9.79. The van der Waals surface area contributed by atoms with Gasteiger partial charge >= 0.3 is 0 Å². The Morgan fingerprint density at radius 1 is 1.11 bits per heavy atom. The Balaban J connectivity index is 1.73. The zero-order valence-electron chi connectivity index (χ0n) is 15.5. The Hall–Kier alpha value is -2.72. The highest BCUT2D eigenvalue weighted by atomic mass is 16.3. The molecule has 2 heterocycles. The summed E-state index contributed by atoms with van der Waals surface area (Å²) in [6, 6.07) is 17.4. The molecule has 2 aliphatic heterocycles. The van der Waals surface area contributed by atoms with Gasteiger partial charge in [0.1, 0.15) is 5.75 Å². The van der Waals surface area contributed by atoms with Gasteiger partial charge in [0.25, 0.3) is 0 Å². The molecule has 4 nitrogen and oxygen atoms in total. The lowest BCUT2D eigenvalue weighted by Crippen LogP contribution is -2.43. The quantitative estimate of drug-likeness (QED) is 0.875. The summed E-state index contributed by atoms with van der Waals surface area (Å²) in [4.78, 5) is 18.3. The van der Waals surface area contributed by atoms with Gasteiger partial charge in [0.15, 0.2) is 5.78 Å². The molecule has 4 rings (SSSR count). The van der Waals surface area contributed by atoms with Gasteiger partial charge in [-0.25, -0.2) is 0 Å². The van der Waals surface area contributed by atoms with Crippen molar-refractivity contribution in [3.63, 3.8) is 0 Å². The predicted molar refractivity (Wildman–Crippen MR) is 107 cm³/mol. The number of hydrogen-bond acceptors (Lipinski definition) is 4. The van der Waals surface area contributed by atoms with Gasteiger partial charge in [-0.05, 0) is 37.5 Å². The van der Waals surface area contributed by atoms with Crippen LogP contribution in [0.3, 0.4) is 0 Å². The minimum Gasteiger partial charge on any atom is -0.507 e. The monoisotopic (exact) mass is 360 g/mol. The van der Waals surface area contributed by atoms with Crippen LogP contribution in [0.2, 0.25) is 0 Å². The SMILES string of the molecule is CC1NCCC2=C1C(=O)C(CCc1ccccc1)C(c1ccccc1O)=N2. The highest BCUT2D eigenvalue weighted by molar-refractivity contribution is 6.21. The summed E-state index contributed by atoms with van der Waals surface area (Å²) >= 11 is 0. The molecule has 2 aromatic rings. The van der Waals surface area contributed by atoms with Gasteiger partial charge in [0.05, 0.1) is 17.3 Å². The van der Waals surface area contributed by atoms with E-state index in [1.165, 1.54) is 5.56 Å². The fraction of sp³-hybridized carbons (Fsp3) is 0.304. The topological polar surface area (TPSA) is 61.7 Å². The third-order valence-electron chi connectivity index (χ3n) is 5.47. The number of benzene rings is 2. The third kappa shape index (κ3) is 3.45. The summed E-state index contributed by atoms with van der Waals surface area (Å²) in [7, 11) is 0. The van der Waals surface area contributed by atoms with Crippen molar-refractivity contribution in [2.24, 2.45) is 10.9 Å². The first-order valence-corrected chi connectivity index (χ1v) is 9.56. The summed E-state index contributed by atoms with van der Waals surface area (Å²) in [5.41, 5.74) is 4.28. The zero-order chi connectivity index (χ0) is 18.8. The van der Waals surface area contributed by atoms with Crippen LogP contribution in [0.25, 0.3) is 0 Å². The van der Waals surface area contributed by atoms with E-state index in [9.17, 15) is 9.90 Å². The van der Waals surface area contributed by atoms with E-state index >= 15 is 0 Å². The Morgan fingerprint density at radius 2 is 1.85 bits per heavy atom. The van der Waals surface area contributed by atoms with E-state index in [-0.39, 0.29) is 23.5 Å². The minimum absolute atomic E-state index is 0.0233. The summed E-state index contributed by atoms with van der Waals surface area (Å²) in [6.45, 7) is 2.85. The average Bonchev–Trinajstić information content (AvgIpc) is 2.68. The van der Waals surface area contributed by atoms with E-state index in [1.807, 2.05) is 37.3 Å². The van der Waals surface area contributed by atoms with Crippen molar-refractivity contribution in [2.45, 2.75) is 32.2 Å². The average molecular weight is 360 g/mol. The molecule has 0 amide bonds. The number of Topliss-reactive ketones (excluding diaryl/α,β-unsaturated/α-hetero) is 1. The standard InChI is InChI=1S/C23H24N2O2/c1-15-21-19(13-14-24-15)25-22(17-9-5-6-10-20(17)26)18(23(21)27)12-11-16-7-3-2-4-8-16/h2-10,15,18,24,26H,11-14H2,1H3. The van der Waals surface area contributed by atoms with Gasteiger partial charge in [-0.2, -0.15) is 0 Å². The van der Waals surface area contributed by atoms with E-state index in [0.717, 1.165) is 30.7 Å². The van der Waals surface area contributed by atoms with Crippen molar-refractivity contribution in [3.8, 4) is 5.75 Å². The van der Waals surface area contributed by atoms with Crippen LogP contribution < -0.4 is 5.32 Å². The number of aromatic hydroxyl groups is 1. The van der Waals surface area contributed by atoms with E-state index in [2.05, 4.69) is 17.4 Å². The maximum absolute atomic E-state index is 13.4. The first-order valence-electron chi connectivity index (χ1n) is 9.56. The molecule has 0 aliphatic carbocycles. The maximum atomic E-state index is 13.4. The first kappa shape index (κ1) is 17.7. The van der Waals surface area contributed by atoms with Crippen molar-refractivity contribution in [1.82, 2.24) is 5.32 Å². The second-order valence-electron chi connectivity index (χ2n) is 7.24. The summed E-state index contributed by atoms with van der Waals surface area (Å²) in [5, 5.41) is 13.8. The summed E-state index contributed by atoms with van der Waals surface area (Å²) in [6.07, 6.45) is 2.22. The van der Waals surface area contributed by atoms with Crippen LogP contribution >= 0.6 is 0 Å².